The van der Waals surface area contributed by atoms with Crippen LogP contribution in [-0.4, -0.2) is 18.0 Å². The highest BCUT2D eigenvalue weighted by atomic mass is 16.2. The van der Waals surface area contributed by atoms with Crippen LogP contribution < -0.4 is 4.90 Å². The number of carbonyl (C=O) groups excluding carboxylic acids is 2. The molecule has 0 spiro atoms. The van der Waals surface area contributed by atoms with Crippen molar-refractivity contribution in [3.63, 3.8) is 0 Å². The molecule has 3 aliphatic carbocycles. The number of anilines is 1. The lowest BCUT2D eigenvalue weighted by molar-refractivity contribution is -0.122. The predicted molar refractivity (Wildman–Crippen MR) is 150 cm³/mol. The lowest BCUT2D eigenvalue weighted by Gasteiger charge is -2.52. The van der Waals surface area contributed by atoms with Crippen LogP contribution in [0, 0.1) is 32.6 Å². The fourth-order valence-electron chi connectivity index (χ4n) is 7.15. The van der Waals surface area contributed by atoms with Crippen molar-refractivity contribution in [2.24, 2.45) is 16.8 Å². The average molecular weight is 497 g/mol. The van der Waals surface area contributed by atoms with Crippen LogP contribution in [-0.2, 0) is 15.0 Å². The first-order valence-corrected chi connectivity index (χ1v) is 13.2. The molecule has 0 N–H and O–H groups in total. The van der Waals surface area contributed by atoms with E-state index in [2.05, 4.69) is 31.2 Å². The molecule has 0 unspecified atom stereocenters. The van der Waals surface area contributed by atoms with Crippen molar-refractivity contribution in [3.8, 4) is 0 Å². The summed E-state index contributed by atoms with van der Waals surface area (Å²) >= 11 is 0. The summed E-state index contributed by atoms with van der Waals surface area (Å²) in [5.74, 6) is -1.49. The summed E-state index contributed by atoms with van der Waals surface area (Å²) in [5.41, 5.74) is 8.23. The first-order chi connectivity index (χ1) is 18.4. The molecule has 4 aromatic carbocycles. The van der Waals surface area contributed by atoms with Gasteiger partial charge >= 0.3 is 0 Å². The predicted octanol–water partition coefficient (Wildman–Crippen LogP) is 6.57. The van der Waals surface area contributed by atoms with Crippen molar-refractivity contribution >= 4 is 29.4 Å². The number of nitrogens with zero attached hydrogens (tertiary/aromatic N) is 2. The lowest BCUT2D eigenvalue weighted by Crippen LogP contribution is -2.54. The van der Waals surface area contributed by atoms with E-state index in [9.17, 15) is 9.59 Å². The zero-order valence-corrected chi connectivity index (χ0v) is 21.7. The van der Waals surface area contributed by atoms with Crippen LogP contribution in [0.5, 0.6) is 0 Å². The molecule has 38 heavy (non-hydrogen) atoms. The Morgan fingerprint density at radius 3 is 1.97 bits per heavy atom. The van der Waals surface area contributed by atoms with Crippen molar-refractivity contribution in [3.05, 3.63) is 130 Å². The van der Waals surface area contributed by atoms with E-state index in [4.69, 9.17) is 4.99 Å². The lowest BCUT2D eigenvalue weighted by atomic mass is 9.47. The van der Waals surface area contributed by atoms with E-state index < -0.39 is 17.3 Å². The normalized spacial score (nSPS) is 25.0. The second-order valence-corrected chi connectivity index (χ2v) is 10.9. The summed E-state index contributed by atoms with van der Waals surface area (Å²) in [4.78, 5) is 35.3. The van der Waals surface area contributed by atoms with Crippen LogP contribution in [0.3, 0.4) is 0 Å². The van der Waals surface area contributed by atoms with E-state index in [-0.39, 0.29) is 17.7 Å². The summed E-state index contributed by atoms with van der Waals surface area (Å²) in [6, 6.07) is 30.6. The molecule has 4 aromatic rings. The minimum atomic E-state index is -0.850. The quantitative estimate of drug-likeness (QED) is 0.238. The third-order valence-corrected chi connectivity index (χ3v) is 8.73. The standard InChI is InChI=1S/C34H28N2O2/c1-20-12-15-23(16-13-20)35-19-34-26-10-6-4-8-24(26)29(25-9-5-7-11-27(25)34)30-31(34)33(38)36(32(30)37)28-17-14-21(2)18-22(28)3/h4-19,29-31H,1-3H3/t29?,30-,31+,34?/m0/s1. The van der Waals surface area contributed by atoms with Gasteiger partial charge in [-0.25, -0.2) is 4.90 Å². The summed E-state index contributed by atoms with van der Waals surface area (Å²) < 4.78 is 0. The number of carbonyl (C=O) groups is 2. The van der Waals surface area contributed by atoms with Gasteiger partial charge in [-0.05, 0) is 66.8 Å². The number of hydrogen-bond donors (Lipinski definition) is 0. The first kappa shape index (κ1) is 22.9. The van der Waals surface area contributed by atoms with Gasteiger partial charge in [-0.3, -0.25) is 14.6 Å². The molecule has 2 bridgehead atoms. The highest BCUT2D eigenvalue weighted by Gasteiger charge is 2.68. The number of rotatable bonds is 3. The monoisotopic (exact) mass is 496 g/mol. The van der Waals surface area contributed by atoms with Crippen LogP contribution in [0.15, 0.2) is 96.0 Å². The molecule has 0 saturated carbocycles. The zero-order chi connectivity index (χ0) is 26.2. The number of aliphatic imine (C=N–C) groups is 1. The molecule has 1 saturated heterocycles. The largest absolute Gasteiger partial charge is 0.274 e. The number of benzene rings is 4. The van der Waals surface area contributed by atoms with E-state index >= 15 is 0 Å². The number of amides is 2. The average Bonchev–Trinajstić information content (AvgIpc) is 3.19. The van der Waals surface area contributed by atoms with Crippen molar-refractivity contribution < 1.29 is 9.59 Å². The SMILES string of the molecule is Cc1ccc(N=CC23c4ccccc4C(c4ccccc42)[C@@H]2C(=O)N(c4ccc(C)cc4C)C(=O)[C@@H]23)cc1. The van der Waals surface area contributed by atoms with Crippen LogP contribution in [0.25, 0.3) is 0 Å². The molecule has 2 amide bonds. The molecule has 2 atom stereocenters. The maximum atomic E-state index is 14.5. The molecule has 4 aliphatic rings. The third-order valence-electron chi connectivity index (χ3n) is 8.73. The van der Waals surface area contributed by atoms with Crippen LogP contribution >= 0.6 is 0 Å². The van der Waals surface area contributed by atoms with E-state index in [1.54, 1.807) is 0 Å². The fourth-order valence-corrected chi connectivity index (χ4v) is 7.15. The van der Waals surface area contributed by atoms with Gasteiger partial charge in [0.25, 0.3) is 0 Å². The summed E-state index contributed by atoms with van der Waals surface area (Å²) in [7, 11) is 0. The van der Waals surface area contributed by atoms with Gasteiger partial charge in [-0.15, -0.1) is 0 Å². The van der Waals surface area contributed by atoms with Gasteiger partial charge in [0, 0.05) is 12.1 Å². The van der Waals surface area contributed by atoms with E-state index in [1.807, 2.05) is 86.8 Å². The third kappa shape index (κ3) is 2.94. The van der Waals surface area contributed by atoms with Gasteiger partial charge in [0.1, 0.15) is 0 Å². The zero-order valence-electron chi connectivity index (χ0n) is 21.7. The molecule has 1 aliphatic heterocycles. The topological polar surface area (TPSA) is 49.7 Å². The van der Waals surface area contributed by atoms with E-state index in [0.29, 0.717) is 5.69 Å². The van der Waals surface area contributed by atoms with Crippen molar-refractivity contribution in [2.45, 2.75) is 32.1 Å². The van der Waals surface area contributed by atoms with Crippen molar-refractivity contribution in [1.82, 2.24) is 0 Å². The van der Waals surface area contributed by atoms with Crippen LogP contribution in [0.2, 0.25) is 0 Å². The minimum absolute atomic E-state index is 0.117. The highest BCUT2D eigenvalue weighted by Crippen LogP contribution is 2.63. The Bertz CT molecular complexity index is 1620. The first-order valence-electron chi connectivity index (χ1n) is 13.2. The molecular weight excluding hydrogens is 468 g/mol. The second-order valence-electron chi connectivity index (χ2n) is 10.9. The summed E-state index contributed by atoms with van der Waals surface area (Å²) in [6.45, 7) is 6.04. The Morgan fingerprint density at radius 2 is 1.34 bits per heavy atom. The van der Waals surface area contributed by atoms with Crippen LogP contribution in [0.4, 0.5) is 11.4 Å². The molecule has 8 rings (SSSR count). The summed E-state index contributed by atoms with van der Waals surface area (Å²) in [6.07, 6.45) is 1.96. The van der Waals surface area contributed by atoms with E-state index in [0.717, 1.165) is 44.6 Å². The molecule has 1 heterocycles. The Hall–Kier alpha value is -4.31. The van der Waals surface area contributed by atoms with Gasteiger partial charge < -0.3 is 0 Å². The Balaban J connectivity index is 1.50. The molecule has 1 fully saturated rings. The summed E-state index contributed by atoms with van der Waals surface area (Å²) in [5, 5.41) is 0. The molecule has 4 heteroatoms. The van der Waals surface area contributed by atoms with Gasteiger partial charge in [0.2, 0.25) is 11.8 Å². The fraction of sp³-hybridized carbons (Fsp3) is 0.206. The molecule has 186 valence electrons. The van der Waals surface area contributed by atoms with Gasteiger partial charge in [-0.1, -0.05) is 83.9 Å². The van der Waals surface area contributed by atoms with Gasteiger partial charge in [0.15, 0.2) is 0 Å². The Morgan fingerprint density at radius 1 is 0.737 bits per heavy atom. The Labute approximate surface area is 222 Å². The highest BCUT2D eigenvalue weighted by molar-refractivity contribution is 6.25. The Kier molecular flexibility index (Phi) is 4.87. The maximum Gasteiger partial charge on any atom is 0.239 e. The van der Waals surface area contributed by atoms with Gasteiger partial charge in [-0.2, -0.15) is 0 Å². The van der Waals surface area contributed by atoms with Crippen LogP contribution in [0.1, 0.15) is 44.9 Å². The molecular formula is C34H28N2O2. The van der Waals surface area contributed by atoms with Crippen molar-refractivity contribution in [2.75, 3.05) is 4.90 Å². The second kappa shape index (κ2) is 8.09. The van der Waals surface area contributed by atoms with E-state index in [1.165, 1.54) is 4.90 Å². The smallest absolute Gasteiger partial charge is 0.239 e. The number of aryl methyl sites for hydroxylation is 3. The maximum absolute atomic E-state index is 14.5. The number of imide groups is 1. The number of hydrogen-bond acceptors (Lipinski definition) is 3. The minimum Gasteiger partial charge on any atom is -0.274 e. The molecule has 0 radical (unpaired) electrons. The van der Waals surface area contributed by atoms with Gasteiger partial charge in [0.05, 0.1) is 28.6 Å². The van der Waals surface area contributed by atoms with Crippen molar-refractivity contribution in [1.29, 1.82) is 0 Å². The molecule has 0 aromatic heterocycles. The molecule has 4 nitrogen and oxygen atoms in total.